The molecule has 2 amide bonds. The number of thioether (sulfide) groups is 1. The quantitative estimate of drug-likeness (QED) is 0.861. The molecule has 1 saturated heterocycles. The van der Waals surface area contributed by atoms with Crippen molar-refractivity contribution in [3.63, 3.8) is 0 Å². The van der Waals surface area contributed by atoms with Crippen LogP contribution in [0.1, 0.15) is 5.56 Å². The first-order chi connectivity index (χ1) is 9.69. The van der Waals surface area contributed by atoms with Crippen molar-refractivity contribution in [2.24, 2.45) is 0 Å². The van der Waals surface area contributed by atoms with Crippen molar-refractivity contribution in [2.45, 2.75) is 0 Å². The first kappa shape index (κ1) is 12.7. The zero-order valence-corrected chi connectivity index (χ0v) is 11.5. The molecule has 0 aromatic heterocycles. The summed E-state index contributed by atoms with van der Waals surface area (Å²) in [5.41, 5.74) is 0.883. The Balaban J connectivity index is 2.16. The Morgan fingerprint density at radius 2 is 1.85 bits per heavy atom. The number of hydrogen-bond donors (Lipinski definition) is 1. The molecule has 3 rings (SSSR count). The minimum Gasteiger partial charge on any atom is -0.496 e. The van der Waals surface area contributed by atoms with E-state index in [2.05, 4.69) is 5.32 Å². The van der Waals surface area contributed by atoms with Gasteiger partial charge in [0.15, 0.2) is 0 Å². The minimum absolute atomic E-state index is 0.334. The molecule has 0 spiro atoms. The number of methoxy groups -OCH3 is 1. The molecular weight excluding hydrogens is 274 g/mol. The number of hydrogen-bond acceptors (Lipinski definition) is 4. The van der Waals surface area contributed by atoms with Crippen molar-refractivity contribution in [3.8, 4) is 5.75 Å². The summed E-state index contributed by atoms with van der Waals surface area (Å²) in [4.78, 5) is 23.2. The highest BCUT2D eigenvalue weighted by molar-refractivity contribution is 8.18. The third kappa shape index (κ3) is 2.16. The molecule has 1 aliphatic rings. The lowest BCUT2D eigenvalue weighted by Crippen LogP contribution is -2.17. The second-order valence-electron chi connectivity index (χ2n) is 4.25. The Morgan fingerprint density at radius 3 is 2.50 bits per heavy atom. The Kier molecular flexibility index (Phi) is 3.20. The largest absolute Gasteiger partial charge is 0.496 e. The van der Waals surface area contributed by atoms with Crippen LogP contribution in [0.5, 0.6) is 5.75 Å². The summed E-state index contributed by atoms with van der Waals surface area (Å²) < 4.78 is 5.33. The van der Waals surface area contributed by atoms with Crippen LogP contribution in [0.2, 0.25) is 0 Å². The summed E-state index contributed by atoms with van der Waals surface area (Å²) in [6, 6.07) is 11.5. The van der Waals surface area contributed by atoms with E-state index < -0.39 is 0 Å². The molecule has 0 bridgehead atoms. The second kappa shape index (κ2) is 5.02. The molecule has 2 aromatic carbocycles. The summed E-state index contributed by atoms with van der Waals surface area (Å²) in [7, 11) is 1.62. The maximum atomic E-state index is 11.6. The molecule has 1 heterocycles. The Morgan fingerprint density at radius 1 is 1.10 bits per heavy atom. The number of amides is 2. The number of nitrogens with one attached hydrogen (secondary N) is 1. The first-order valence-electron chi connectivity index (χ1n) is 5.99. The molecule has 0 atom stereocenters. The molecule has 1 N–H and O–H groups in total. The fraction of sp³-hybridized carbons (Fsp3) is 0.0667. The maximum Gasteiger partial charge on any atom is 0.290 e. The van der Waals surface area contributed by atoms with Crippen molar-refractivity contribution >= 4 is 39.8 Å². The molecule has 1 fully saturated rings. The van der Waals surface area contributed by atoms with Crippen LogP contribution < -0.4 is 10.1 Å². The summed E-state index contributed by atoms with van der Waals surface area (Å²) in [6.07, 6.45) is 1.73. The molecular formula is C15H11NO3S. The van der Waals surface area contributed by atoms with Gasteiger partial charge in [0.25, 0.3) is 11.1 Å². The average molecular weight is 285 g/mol. The molecule has 100 valence electrons. The molecule has 0 radical (unpaired) electrons. The number of fused-ring (bicyclic) bond motifs is 1. The Labute approximate surface area is 119 Å². The summed E-state index contributed by atoms with van der Waals surface area (Å²) in [6.45, 7) is 0. The lowest BCUT2D eigenvalue weighted by Gasteiger charge is -2.08. The normalized spacial score (nSPS) is 16.8. The standard InChI is InChI=1S/C15H11NO3S/c1-19-12-7-6-9(10-4-2-3-5-11(10)12)8-13-14(17)16-15(18)20-13/h2-8H,1H3,(H,16,17,18). The van der Waals surface area contributed by atoms with E-state index in [1.165, 1.54) is 0 Å². The predicted octanol–water partition coefficient (Wildman–Crippen LogP) is 3.17. The average Bonchev–Trinajstić information content (AvgIpc) is 2.77. The molecule has 0 unspecified atom stereocenters. The van der Waals surface area contributed by atoms with Crippen molar-refractivity contribution < 1.29 is 14.3 Å². The molecule has 20 heavy (non-hydrogen) atoms. The monoisotopic (exact) mass is 285 g/mol. The number of carbonyl (C=O) groups excluding carboxylic acids is 2. The van der Waals surface area contributed by atoms with E-state index in [0.717, 1.165) is 33.8 Å². The van der Waals surface area contributed by atoms with Gasteiger partial charge < -0.3 is 4.74 Å². The topological polar surface area (TPSA) is 55.4 Å². The molecule has 0 saturated carbocycles. The highest BCUT2D eigenvalue weighted by atomic mass is 32.2. The smallest absolute Gasteiger partial charge is 0.290 e. The van der Waals surface area contributed by atoms with Crippen LogP contribution in [0.4, 0.5) is 4.79 Å². The van der Waals surface area contributed by atoms with E-state index in [4.69, 9.17) is 4.74 Å². The molecule has 1 aliphatic heterocycles. The third-order valence-corrected chi connectivity index (χ3v) is 3.88. The van der Waals surface area contributed by atoms with Crippen molar-refractivity contribution in [1.82, 2.24) is 5.32 Å². The van der Waals surface area contributed by atoms with Crippen LogP contribution in [0.25, 0.3) is 16.8 Å². The van der Waals surface area contributed by atoms with Crippen molar-refractivity contribution in [3.05, 3.63) is 46.9 Å². The third-order valence-electron chi connectivity index (χ3n) is 3.07. The zero-order valence-electron chi connectivity index (χ0n) is 10.7. The van der Waals surface area contributed by atoms with Gasteiger partial charge in [0.05, 0.1) is 12.0 Å². The van der Waals surface area contributed by atoms with Crippen LogP contribution in [-0.2, 0) is 4.79 Å². The molecule has 2 aromatic rings. The molecule has 5 heteroatoms. The fourth-order valence-corrected chi connectivity index (χ4v) is 2.83. The van der Waals surface area contributed by atoms with E-state index in [9.17, 15) is 9.59 Å². The van der Waals surface area contributed by atoms with Crippen LogP contribution in [0.15, 0.2) is 41.3 Å². The lowest BCUT2D eigenvalue weighted by molar-refractivity contribution is -0.115. The fourth-order valence-electron chi connectivity index (χ4n) is 2.16. The minimum atomic E-state index is -0.347. The second-order valence-corrected chi connectivity index (χ2v) is 5.27. The number of carbonyl (C=O) groups is 2. The zero-order chi connectivity index (χ0) is 14.1. The number of benzene rings is 2. The molecule has 0 aliphatic carbocycles. The van der Waals surface area contributed by atoms with E-state index in [1.54, 1.807) is 13.2 Å². The maximum absolute atomic E-state index is 11.6. The molecule has 4 nitrogen and oxygen atoms in total. The van der Waals surface area contributed by atoms with E-state index in [1.807, 2.05) is 36.4 Å². The van der Waals surface area contributed by atoms with Gasteiger partial charge in [-0.05, 0) is 34.9 Å². The number of ether oxygens (including phenoxy) is 1. The van der Waals surface area contributed by atoms with Crippen molar-refractivity contribution in [1.29, 1.82) is 0 Å². The highest BCUT2D eigenvalue weighted by Gasteiger charge is 2.25. The van der Waals surface area contributed by atoms with Crippen LogP contribution >= 0.6 is 11.8 Å². The van der Waals surface area contributed by atoms with Gasteiger partial charge in [0, 0.05) is 5.39 Å². The van der Waals surface area contributed by atoms with Gasteiger partial charge in [-0.2, -0.15) is 0 Å². The van der Waals surface area contributed by atoms with Gasteiger partial charge in [-0.15, -0.1) is 0 Å². The SMILES string of the molecule is COc1ccc(C=C2SC(=O)NC2=O)c2ccccc12. The van der Waals surface area contributed by atoms with E-state index in [0.29, 0.717) is 4.91 Å². The van der Waals surface area contributed by atoms with E-state index in [-0.39, 0.29) is 11.1 Å². The summed E-state index contributed by atoms with van der Waals surface area (Å²) >= 11 is 0.917. The van der Waals surface area contributed by atoms with Gasteiger partial charge in [0.1, 0.15) is 5.75 Å². The Bertz CT molecular complexity index is 752. The van der Waals surface area contributed by atoms with Gasteiger partial charge in [0.2, 0.25) is 0 Å². The highest BCUT2D eigenvalue weighted by Crippen LogP contribution is 2.32. The Hall–Kier alpha value is -2.27. The van der Waals surface area contributed by atoms with Crippen LogP contribution in [0.3, 0.4) is 0 Å². The number of rotatable bonds is 2. The van der Waals surface area contributed by atoms with Crippen LogP contribution in [0, 0.1) is 0 Å². The first-order valence-corrected chi connectivity index (χ1v) is 6.81. The van der Waals surface area contributed by atoms with E-state index >= 15 is 0 Å². The van der Waals surface area contributed by atoms with Gasteiger partial charge >= 0.3 is 0 Å². The lowest BCUT2D eigenvalue weighted by atomic mass is 10.0. The number of imide groups is 1. The summed E-state index contributed by atoms with van der Waals surface area (Å²) in [5, 5.41) is 3.87. The predicted molar refractivity (Wildman–Crippen MR) is 79.6 cm³/mol. The van der Waals surface area contributed by atoms with Crippen molar-refractivity contribution in [2.75, 3.05) is 7.11 Å². The van der Waals surface area contributed by atoms with Crippen LogP contribution in [-0.4, -0.2) is 18.3 Å². The summed E-state index contributed by atoms with van der Waals surface area (Å²) in [5.74, 6) is 0.433. The van der Waals surface area contributed by atoms with Gasteiger partial charge in [-0.1, -0.05) is 30.3 Å². The van der Waals surface area contributed by atoms with Gasteiger partial charge in [-0.25, -0.2) is 0 Å². The van der Waals surface area contributed by atoms with Gasteiger partial charge in [-0.3, -0.25) is 14.9 Å².